The van der Waals surface area contributed by atoms with Gasteiger partial charge in [-0.15, -0.1) is 0 Å². The second-order valence-electron chi connectivity index (χ2n) is 7.63. The van der Waals surface area contributed by atoms with Crippen molar-refractivity contribution in [2.24, 2.45) is 0 Å². The molecule has 0 aromatic heterocycles. The van der Waals surface area contributed by atoms with E-state index < -0.39 is 6.04 Å². The molecule has 2 rings (SSSR count). The molecule has 6 heteroatoms. The van der Waals surface area contributed by atoms with Crippen LogP contribution in [0.4, 0.5) is 0 Å². The third-order valence-corrected chi connectivity index (χ3v) is 5.28. The van der Waals surface area contributed by atoms with Gasteiger partial charge in [-0.3, -0.25) is 9.59 Å². The first-order valence-electron chi connectivity index (χ1n) is 11.0. The number of halogens is 1. The Bertz CT molecular complexity index is 822. The van der Waals surface area contributed by atoms with Crippen LogP contribution >= 0.6 is 11.6 Å². The second kappa shape index (κ2) is 13.0. The molecule has 168 valence electrons. The molecular weight excluding hydrogens is 412 g/mol. The molecule has 2 aromatic rings. The van der Waals surface area contributed by atoms with Crippen molar-refractivity contribution in [3.63, 3.8) is 0 Å². The normalized spacial score (nSPS) is 11.6. The van der Waals surface area contributed by atoms with Gasteiger partial charge in [-0.05, 0) is 56.0 Å². The van der Waals surface area contributed by atoms with E-state index in [9.17, 15) is 9.59 Å². The molecule has 2 amide bonds. The number of aryl methyl sites for hydroxylation is 1. The van der Waals surface area contributed by atoms with Crippen LogP contribution in [0, 0.1) is 6.92 Å². The zero-order valence-corrected chi connectivity index (χ0v) is 19.5. The molecule has 0 saturated carbocycles. The Morgan fingerprint density at radius 2 is 1.74 bits per heavy atom. The predicted molar refractivity (Wildman–Crippen MR) is 125 cm³/mol. The highest BCUT2D eigenvalue weighted by Gasteiger charge is 2.28. The molecular formula is C25H33ClN2O3. The zero-order valence-electron chi connectivity index (χ0n) is 18.7. The number of ether oxygens (including phenoxy) is 1. The number of hydrogen-bond donors (Lipinski definition) is 1. The minimum absolute atomic E-state index is 0.0547. The molecule has 0 fully saturated rings. The van der Waals surface area contributed by atoms with Crippen molar-refractivity contribution in [2.75, 3.05) is 13.2 Å². The molecule has 0 aliphatic heterocycles. The predicted octanol–water partition coefficient (Wildman–Crippen LogP) is 5.14. The third-order valence-electron chi connectivity index (χ3n) is 5.03. The van der Waals surface area contributed by atoms with Crippen molar-refractivity contribution >= 4 is 23.4 Å². The van der Waals surface area contributed by atoms with E-state index in [1.54, 1.807) is 17.0 Å². The maximum Gasteiger partial charge on any atom is 0.242 e. The van der Waals surface area contributed by atoms with Crippen molar-refractivity contribution in [1.29, 1.82) is 0 Å². The van der Waals surface area contributed by atoms with Gasteiger partial charge in [-0.25, -0.2) is 0 Å². The quantitative estimate of drug-likeness (QED) is 0.461. The number of nitrogens with one attached hydrogen (secondary N) is 1. The van der Waals surface area contributed by atoms with E-state index in [1.807, 2.05) is 57.2 Å². The molecule has 5 nitrogen and oxygen atoms in total. The summed E-state index contributed by atoms with van der Waals surface area (Å²) in [5.74, 6) is 0.630. The van der Waals surface area contributed by atoms with Gasteiger partial charge < -0.3 is 15.0 Å². The number of nitrogens with zero attached hydrogens (tertiary/aromatic N) is 1. The van der Waals surface area contributed by atoms with Crippen LogP contribution < -0.4 is 10.1 Å². The molecule has 1 unspecified atom stereocenters. The lowest BCUT2D eigenvalue weighted by Crippen LogP contribution is -2.49. The van der Waals surface area contributed by atoms with E-state index in [0.717, 1.165) is 17.7 Å². The van der Waals surface area contributed by atoms with Gasteiger partial charge in [0, 0.05) is 24.5 Å². The van der Waals surface area contributed by atoms with Crippen LogP contribution in [0.2, 0.25) is 5.02 Å². The van der Waals surface area contributed by atoms with Crippen molar-refractivity contribution in [3.8, 4) is 5.75 Å². The van der Waals surface area contributed by atoms with Gasteiger partial charge in [0.1, 0.15) is 11.8 Å². The van der Waals surface area contributed by atoms with E-state index in [2.05, 4.69) is 5.32 Å². The van der Waals surface area contributed by atoms with Crippen LogP contribution in [-0.2, 0) is 16.1 Å². The Hall–Kier alpha value is -2.53. The molecule has 0 spiro atoms. The number of hydrogen-bond acceptors (Lipinski definition) is 3. The second-order valence-corrected chi connectivity index (χ2v) is 8.06. The Kier molecular flexibility index (Phi) is 10.4. The average molecular weight is 445 g/mol. The standard InChI is InChI=1S/C25H33ClN2O3/c1-4-16-27-25(30)23(5-2)28(18-20-10-12-21(26)13-11-20)24(29)7-6-17-31-22-14-8-19(3)9-15-22/h8-15,23H,4-7,16-18H2,1-3H3,(H,27,30). The molecule has 0 aliphatic carbocycles. The minimum Gasteiger partial charge on any atom is -0.494 e. The summed E-state index contributed by atoms with van der Waals surface area (Å²) in [6.07, 6.45) is 2.30. The SMILES string of the molecule is CCCNC(=O)C(CC)N(Cc1ccc(Cl)cc1)C(=O)CCCOc1ccc(C)cc1. The first-order valence-corrected chi connectivity index (χ1v) is 11.3. The average Bonchev–Trinajstić information content (AvgIpc) is 2.77. The smallest absolute Gasteiger partial charge is 0.242 e. The maximum absolute atomic E-state index is 13.1. The van der Waals surface area contributed by atoms with Crippen LogP contribution in [-0.4, -0.2) is 35.9 Å². The molecule has 1 atom stereocenters. The van der Waals surface area contributed by atoms with Crippen LogP contribution in [0.5, 0.6) is 5.75 Å². The first-order chi connectivity index (χ1) is 14.9. The summed E-state index contributed by atoms with van der Waals surface area (Å²) in [6, 6.07) is 14.7. The Morgan fingerprint density at radius 3 is 2.35 bits per heavy atom. The van der Waals surface area contributed by atoms with Crippen LogP contribution in [0.15, 0.2) is 48.5 Å². The third kappa shape index (κ3) is 8.25. The minimum atomic E-state index is -0.507. The molecule has 0 heterocycles. The molecule has 0 saturated heterocycles. The van der Waals surface area contributed by atoms with E-state index in [4.69, 9.17) is 16.3 Å². The fourth-order valence-corrected chi connectivity index (χ4v) is 3.39. The van der Waals surface area contributed by atoms with Crippen molar-refractivity contribution in [1.82, 2.24) is 10.2 Å². The van der Waals surface area contributed by atoms with Crippen LogP contribution in [0.25, 0.3) is 0 Å². The molecule has 1 N–H and O–H groups in total. The Balaban J connectivity index is 2.02. The van der Waals surface area contributed by atoms with E-state index in [0.29, 0.717) is 44.0 Å². The Morgan fingerprint density at radius 1 is 1.06 bits per heavy atom. The summed E-state index contributed by atoms with van der Waals surface area (Å²) in [5.41, 5.74) is 2.11. The maximum atomic E-state index is 13.1. The molecule has 0 aliphatic rings. The number of amides is 2. The highest BCUT2D eigenvalue weighted by Crippen LogP contribution is 2.17. The van der Waals surface area contributed by atoms with Crippen molar-refractivity contribution in [2.45, 2.75) is 59.0 Å². The number of carbonyl (C=O) groups excluding carboxylic acids is 2. The summed E-state index contributed by atoms with van der Waals surface area (Å²) in [6.45, 7) is 7.38. The largest absolute Gasteiger partial charge is 0.494 e. The summed E-state index contributed by atoms with van der Waals surface area (Å²) in [5, 5.41) is 3.57. The summed E-state index contributed by atoms with van der Waals surface area (Å²) in [7, 11) is 0. The highest BCUT2D eigenvalue weighted by molar-refractivity contribution is 6.30. The highest BCUT2D eigenvalue weighted by atomic mass is 35.5. The van der Waals surface area contributed by atoms with Gasteiger partial charge >= 0.3 is 0 Å². The van der Waals surface area contributed by atoms with Gasteiger partial charge in [-0.2, -0.15) is 0 Å². The van der Waals surface area contributed by atoms with Crippen molar-refractivity contribution < 1.29 is 14.3 Å². The lowest BCUT2D eigenvalue weighted by Gasteiger charge is -2.30. The number of carbonyl (C=O) groups is 2. The van der Waals surface area contributed by atoms with Gasteiger partial charge in [0.05, 0.1) is 6.61 Å². The monoisotopic (exact) mass is 444 g/mol. The fraction of sp³-hybridized carbons (Fsp3) is 0.440. The van der Waals surface area contributed by atoms with E-state index >= 15 is 0 Å². The van der Waals surface area contributed by atoms with Gasteiger partial charge in [0.2, 0.25) is 11.8 Å². The number of benzene rings is 2. The summed E-state index contributed by atoms with van der Waals surface area (Å²) < 4.78 is 5.75. The van der Waals surface area contributed by atoms with Gasteiger partial charge in [0.25, 0.3) is 0 Å². The first kappa shape index (κ1) is 24.7. The van der Waals surface area contributed by atoms with Gasteiger partial charge in [-0.1, -0.05) is 55.3 Å². The lowest BCUT2D eigenvalue weighted by atomic mass is 10.1. The van der Waals surface area contributed by atoms with Gasteiger partial charge in [0.15, 0.2) is 0 Å². The fourth-order valence-electron chi connectivity index (χ4n) is 3.26. The van der Waals surface area contributed by atoms with Crippen LogP contribution in [0.3, 0.4) is 0 Å². The molecule has 0 bridgehead atoms. The molecule has 0 radical (unpaired) electrons. The van der Waals surface area contributed by atoms with E-state index in [1.165, 1.54) is 5.56 Å². The lowest BCUT2D eigenvalue weighted by molar-refractivity contribution is -0.141. The summed E-state index contributed by atoms with van der Waals surface area (Å²) >= 11 is 5.99. The zero-order chi connectivity index (χ0) is 22.6. The topological polar surface area (TPSA) is 58.6 Å². The molecule has 31 heavy (non-hydrogen) atoms. The van der Waals surface area contributed by atoms with Crippen LogP contribution in [0.1, 0.15) is 50.7 Å². The van der Waals surface area contributed by atoms with E-state index in [-0.39, 0.29) is 11.8 Å². The Labute approximate surface area is 190 Å². The van der Waals surface area contributed by atoms with Crippen molar-refractivity contribution in [3.05, 3.63) is 64.7 Å². The molecule has 2 aromatic carbocycles. The number of rotatable bonds is 12. The summed E-state index contributed by atoms with van der Waals surface area (Å²) in [4.78, 5) is 27.5.